The number of carbonyl (C=O) groups excluding carboxylic acids is 2. The van der Waals surface area contributed by atoms with Crippen LogP contribution >= 0.6 is 0 Å². The summed E-state index contributed by atoms with van der Waals surface area (Å²) < 4.78 is 46.2. The van der Waals surface area contributed by atoms with Gasteiger partial charge in [-0.15, -0.1) is 0 Å². The van der Waals surface area contributed by atoms with Crippen molar-refractivity contribution in [2.75, 3.05) is 18.4 Å². The van der Waals surface area contributed by atoms with Crippen LogP contribution in [0.3, 0.4) is 0 Å². The molecule has 1 saturated heterocycles. The Morgan fingerprint density at radius 3 is 2.55 bits per heavy atom. The van der Waals surface area contributed by atoms with E-state index >= 15 is 0 Å². The number of piperidine rings is 1. The number of ether oxygens (including phenoxy) is 1. The number of sulfonamides is 1. The number of benzene rings is 2. The van der Waals surface area contributed by atoms with E-state index in [2.05, 4.69) is 10.6 Å². The smallest absolute Gasteiger partial charge is 0.265 e. The summed E-state index contributed by atoms with van der Waals surface area (Å²) in [6.45, 7) is 2.56. The van der Waals surface area contributed by atoms with Gasteiger partial charge >= 0.3 is 0 Å². The molecule has 176 valence electrons. The number of amides is 2. The van der Waals surface area contributed by atoms with Gasteiger partial charge in [0.25, 0.3) is 5.91 Å². The van der Waals surface area contributed by atoms with Crippen LogP contribution in [0, 0.1) is 11.7 Å². The number of hydrogen-bond donors (Lipinski definition) is 2. The SMILES string of the molecule is CCC1Oc2ccc(S(=O)(=O)N3CCC(C(=O)NCc4ccc(F)cc4)CC3)cc2NC1=O. The molecule has 4 rings (SSSR count). The van der Waals surface area contributed by atoms with E-state index in [1.807, 2.05) is 6.92 Å². The van der Waals surface area contributed by atoms with Gasteiger partial charge in [-0.2, -0.15) is 4.31 Å². The number of hydrogen-bond acceptors (Lipinski definition) is 5. The molecule has 1 atom stereocenters. The van der Waals surface area contributed by atoms with Gasteiger partial charge in [-0.25, -0.2) is 12.8 Å². The molecule has 33 heavy (non-hydrogen) atoms. The molecule has 1 unspecified atom stereocenters. The van der Waals surface area contributed by atoms with Crippen molar-refractivity contribution >= 4 is 27.5 Å². The summed E-state index contributed by atoms with van der Waals surface area (Å²) in [4.78, 5) is 24.6. The first-order valence-corrected chi connectivity index (χ1v) is 12.4. The molecule has 0 saturated carbocycles. The zero-order valence-corrected chi connectivity index (χ0v) is 19.0. The molecule has 2 aliphatic rings. The Bertz CT molecular complexity index is 1150. The first-order valence-electron chi connectivity index (χ1n) is 10.9. The van der Waals surface area contributed by atoms with Crippen molar-refractivity contribution in [3.05, 3.63) is 53.8 Å². The molecule has 8 nitrogen and oxygen atoms in total. The van der Waals surface area contributed by atoms with Gasteiger partial charge in [0.2, 0.25) is 15.9 Å². The number of carbonyl (C=O) groups is 2. The summed E-state index contributed by atoms with van der Waals surface area (Å²) in [7, 11) is -3.78. The summed E-state index contributed by atoms with van der Waals surface area (Å²) in [6.07, 6.45) is 0.723. The molecule has 2 aromatic carbocycles. The van der Waals surface area contributed by atoms with Crippen LogP contribution in [0.25, 0.3) is 0 Å². The molecule has 0 aromatic heterocycles. The van der Waals surface area contributed by atoms with Gasteiger partial charge in [0, 0.05) is 25.6 Å². The second kappa shape index (κ2) is 9.48. The van der Waals surface area contributed by atoms with Crippen molar-refractivity contribution in [3.8, 4) is 5.75 Å². The van der Waals surface area contributed by atoms with E-state index in [1.54, 1.807) is 18.2 Å². The summed E-state index contributed by atoms with van der Waals surface area (Å²) in [6, 6.07) is 10.3. The molecule has 2 amide bonds. The summed E-state index contributed by atoms with van der Waals surface area (Å²) in [5.41, 5.74) is 1.12. The maximum atomic E-state index is 13.1. The maximum Gasteiger partial charge on any atom is 0.265 e. The van der Waals surface area contributed by atoms with Crippen LogP contribution in [-0.2, 0) is 26.2 Å². The quantitative estimate of drug-likeness (QED) is 0.668. The lowest BCUT2D eigenvalue weighted by molar-refractivity contribution is -0.126. The largest absolute Gasteiger partial charge is 0.478 e. The van der Waals surface area contributed by atoms with Crippen LogP contribution in [0.15, 0.2) is 47.4 Å². The van der Waals surface area contributed by atoms with Crippen molar-refractivity contribution < 1.29 is 27.1 Å². The highest BCUT2D eigenvalue weighted by Gasteiger charge is 2.33. The lowest BCUT2D eigenvalue weighted by Crippen LogP contribution is -2.43. The molecule has 2 aromatic rings. The van der Waals surface area contributed by atoms with E-state index in [9.17, 15) is 22.4 Å². The van der Waals surface area contributed by atoms with E-state index in [0.29, 0.717) is 37.2 Å². The van der Waals surface area contributed by atoms with Gasteiger partial charge < -0.3 is 15.4 Å². The van der Waals surface area contributed by atoms with Crippen LogP contribution in [-0.4, -0.2) is 43.7 Å². The van der Waals surface area contributed by atoms with Crippen molar-refractivity contribution in [1.29, 1.82) is 0 Å². The van der Waals surface area contributed by atoms with Crippen molar-refractivity contribution in [2.45, 2.75) is 43.7 Å². The number of fused-ring (bicyclic) bond motifs is 1. The fourth-order valence-corrected chi connectivity index (χ4v) is 5.50. The number of nitrogens with zero attached hydrogens (tertiary/aromatic N) is 1. The van der Waals surface area contributed by atoms with Gasteiger partial charge in [-0.1, -0.05) is 19.1 Å². The highest BCUT2D eigenvalue weighted by Crippen LogP contribution is 2.34. The first-order chi connectivity index (χ1) is 15.8. The molecule has 2 heterocycles. The molecule has 10 heteroatoms. The van der Waals surface area contributed by atoms with E-state index in [1.165, 1.54) is 28.6 Å². The highest BCUT2D eigenvalue weighted by atomic mass is 32.2. The summed E-state index contributed by atoms with van der Waals surface area (Å²) in [5, 5.41) is 5.54. The predicted octanol–water partition coefficient (Wildman–Crippen LogP) is 2.65. The average molecular weight is 476 g/mol. The number of rotatable bonds is 6. The standard InChI is InChI=1S/C23H26FN3O5S/c1-2-20-23(29)26-19-13-18(7-8-21(19)32-20)33(30,31)27-11-9-16(10-12-27)22(28)25-14-15-3-5-17(24)6-4-15/h3-8,13,16,20H,2,9-12,14H2,1H3,(H,25,28)(H,26,29). The minimum absolute atomic E-state index is 0.0688. The van der Waals surface area contributed by atoms with Crippen LogP contribution in [0.1, 0.15) is 31.7 Å². The molecule has 0 spiro atoms. The third-order valence-corrected chi connectivity index (χ3v) is 7.88. The molecular formula is C23H26FN3O5S. The Balaban J connectivity index is 1.36. The topological polar surface area (TPSA) is 105 Å². The van der Waals surface area contributed by atoms with Crippen molar-refractivity contribution in [3.63, 3.8) is 0 Å². The van der Waals surface area contributed by atoms with E-state index < -0.39 is 16.1 Å². The lowest BCUT2D eigenvalue weighted by Gasteiger charge is -2.31. The van der Waals surface area contributed by atoms with Gasteiger partial charge in [-0.3, -0.25) is 9.59 Å². The Hall–Kier alpha value is -2.98. The van der Waals surface area contributed by atoms with Crippen LogP contribution in [0.4, 0.5) is 10.1 Å². The highest BCUT2D eigenvalue weighted by molar-refractivity contribution is 7.89. The van der Waals surface area contributed by atoms with E-state index in [4.69, 9.17) is 4.74 Å². The second-order valence-corrected chi connectivity index (χ2v) is 10.1. The third kappa shape index (κ3) is 5.01. The Labute approximate surface area is 192 Å². The van der Waals surface area contributed by atoms with Gasteiger partial charge in [-0.05, 0) is 55.2 Å². The molecule has 2 aliphatic heterocycles. The lowest BCUT2D eigenvalue weighted by atomic mass is 9.97. The predicted molar refractivity (Wildman–Crippen MR) is 120 cm³/mol. The molecule has 2 N–H and O–H groups in total. The average Bonchev–Trinajstić information content (AvgIpc) is 2.82. The van der Waals surface area contributed by atoms with Crippen LogP contribution < -0.4 is 15.4 Å². The Morgan fingerprint density at radius 2 is 1.88 bits per heavy atom. The fourth-order valence-electron chi connectivity index (χ4n) is 4.00. The molecule has 0 radical (unpaired) electrons. The normalized spacial score (nSPS) is 19.3. The zero-order valence-electron chi connectivity index (χ0n) is 18.2. The van der Waals surface area contributed by atoms with Crippen LogP contribution in [0.2, 0.25) is 0 Å². The Morgan fingerprint density at radius 1 is 1.18 bits per heavy atom. The second-order valence-electron chi connectivity index (χ2n) is 8.18. The van der Waals surface area contributed by atoms with Crippen molar-refractivity contribution in [1.82, 2.24) is 9.62 Å². The first kappa shape index (κ1) is 23.2. The third-order valence-electron chi connectivity index (χ3n) is 5.98. The summed E-state index contributed by atoms with van der Waals surface area (Å²) in [5.74, 6) is -0.629. The minimum Gasteiger partial charge on any atom is -0.478 e. The molecule has 1 fully saturated rings. The molecule has 0 aliphatic carbocycles. The van der Waals surface area contributed by atoms with Gasteiger partial charge in [0.05, 0.1) is 10.6 Å². The van der Waals surface area contributed by atoms with Gasteiger partial charge in [0.15, 0.2) is 6.10 Å². The number of halogens is 1. The molecule has 0 bridgehead atoms. The maximum absolute atomic E-state index is 13.1. The van der Waals surface area contributed by atoms with Crippen molar-refractivity contribution in [2.24, 2.45) is 5.92 Å². The monoisotopic (exact) mass is 475 g/mol. The van der Waals surface area contributed by atoms with E-state index in [-0.39, 0.29) is 41.5 Å². The minimum atomic E-state index is -3.78. The molecular weight excluding hydrogens is 449 g/mol. The van der Waals surface area contributed by atoms with Gasteiger partial charge in [0.1, 0.15) is 11.6 Å². The Kier molecular flexibility index (Phi) is 6.66. The summed E-state index contributed by atoms with van der Waals surface area (Å²) >= 11 is 0. The number of anilines is 1. The zero-order chi connectivity index (χ0) is 23.6. The number of nitrogens with one attached hydrogen (secondary N) is 2. The van der Waals surface area contributed by atoms with E-state index in [0.717, 1.165) is 5.56 Å². The van der Waals surface area contributed by atoms with Crippen LogP contribution in [0.5, 0.6) is 5.75 Å². The fraction of sp³-hybridized carbons (Fsp3) is 0.391.